The van der Waals surface area contributed by atoms with Crippen LogP contribution in [0.15, 0.2) is 42.5 Å². The number of alkyl halides is 3. The van der Waals surface area contributed by atoms with E-state index in [0.717, 1.165) is 29.0 Å². The average molecular weight is 351 g/mol. The maximum Gasteiger partial charge on any atom is 0.416 e. The normalized spacial score (nSPS) is 11.2. The predicted octanol–water partition coefficient (Wildman–Crippen LogP) is 4.27. The molecular weight excluding hydrogens is 331 g/mol. The van der Waals surface area contributed by atoms with E-state index < -0.39 is 11.7 Å². The Hall–Kier alpha value is -2.50. The molecule has 0 atom stereocenters. The van der Waals surface area contributed by atoms with E-state index in [9.17, 15) is 18.0 Å². The highest BCUT2D eigenvalue weighted by Crippen LogP contribution is 2.29. The van der Waals surface area contributed by atoms with E-state index in [4.69, 9.17) is 4.74 Å². The lowest BCUT2D eigenvalue weighted by atomic mass is 10.1. The number of halogens is 3. The van der Waals surface area contributed by atoms with Crippen LogP contribution in [0.2, 0.25) is 0 Å². The Labute approximate surface area is 144 Å². The first kappa shape index (κ1) is 18.8. The molecule has 6 heteroatoms. The second-order valence-corrected chi connectivity index (χ2v) is 5.78. The number of amides is 1. The number of rotatable bonds is 6. The number of nitrogens with one attached hydrogen (secondary N) is 1. The minimum absolute atomic E-state index is 0.0738. The van der Waals surface area contributed by atoms with Crippen LogP contribution in [0, 0.1) is 6.92 Å². The van der Waals surface area contributed by atoms with Gasteiger partial charge in [-0.05, 0) is 48.2 Å². The number of benzene rings is 2. The van der Waals surface area contributed by atoms with Crippen molar-refractivity contribution in [2.24, 2.45) is 0 Å². The van der Waals surface area contributed by atoms with Crippen LogP contribution in [0.4, 0.5) is 13.2 Å². The third-order valence-corrected chi connectivity index (χ3v) is 3.84. The Kier molecular flexibility index (Phi) is 6.07. The van der Waals surface area contributed by atoms with E-state index in [1.54, 1.807) is 13.2 Å². The molecule has 0 saturated carbocycles. The molecule has 1 amide bonds. The highest BCUT2D eigenvalue weighted by Gasteiger charge is 2.30. The quantitative estimate of drug-likeness (QED) is 0.844. The molecule has 3 nitrogen and oxygen atoms in total. The number of methoxy groups -OCH3 is 1. The van der Waals surface area contributed by atoms with Crippen LogP contribution in [0.5, 0.6) is 5.75 Å². The first-order valence-electron chi connectivity index (χ1n) is 7.86. The van der Waals surface area contributed by atoms with E-state index in [1.807, 2.05) is 25.1 Å². The van der Waals surface area contributed by atoms with Gasteiger partial charge < -0.3 is 10.1 Å². The Morgan fingerprint density at radius 1 is 1.12 bits per heavy atom. The fourth-order valence-corrected chi connectivity index (χ4v) is 2.50. The fourth-order valence-electron chi connectivity index (χ4n) is 2.50. The second kappa shape index (κ2) is 8.05. The lowest BCUT2D eigenvalue weighted by Gasteiger charge is -2.10. The first-order valence-corrected chi connectivity index (χ1v) is 7.86. The molecule has 0 saturated heterocycles. The maximum absolute atomic E-state index is 12.7. The van der Waals surface area contributed by atoms with Gasteiger partial charge in [-0.3, -0.25) is 4.79 Å². The average Bonchev–Trinajstić information content (AvgIpc) is 2.58. The maximum atomic E-state index is 12.7. The van der Waals surface area contributed by atoms with Crippen molar-refractivity contribution < 1.29 is 22.7 Å². The third-order valence-electron chi connectivity index (χ3n) is 3.84. The highest BCUT2D eigenvalue weighted by atomic mass is 19.4. The van der Waals surface area contributed by atoms with Gasteiger partial charge in [0.15, 0.2) is 0 Å². The molecule has 0 aliphatic rings. The van der Waals surface area contributed by atoms with Crippen molar-refractivity contribution in [2.75, 3.05) is 7.11 Å². The SMILES string of the molecule is COc1ccc(CCC(=O)NCc2cccc(C(F)(F)F)c2)cc1C. The van der Waals surface area contributed by atoms with E-state index >= 15 is 0 Å². The van der Waals surface area contributed by atoms with Crippen molar-refractivity contribution in [1.82, 2.24) is 5.32 Å². The van der Waals surface area contributed by atoms with Gasteiger partial charge in [-0.2, -0.15) is 13.2 Å². The molecule has 2 aromatic rings. The second-order valence-electron chi connectivity index (χ2n) is 5.78. The predicted molar refractivity (Wildman–Crippen MR) is 89.3 cm³/mol. The molecule has 2 aromatic carbocycles. The van der Waals surface area contributed by atoms with Gasteiger partial charge >= 0.3 is 6.18 Å². The van der Waals surface area contributed by atoms with Crippen LogP contribution in [0.25, 0.3) is 0 Å². The van der Waals surface area contributed by atoms with Gasteiger partial charge in [-0.15, -0.1) is 0 Å². The Balaban J connectivity index is 1.86. The first-order chi connectivity index (χ1) is 11.8. The Morgan fingerprint density at radius 2 is 1.88 bits per heavy atom. The molecule has 25 heavy (non-hydrogen) atoms. The van der Waals surface area contributed by atoms with E-state index in [0.29, 0.717) is 12.0 Å². The number of carbonyl (C=O) groups excluding carboxylic acids is 1. The van der Waals surface area contributed by atoms with Crippen LogP contribution >= 0.6 is 0 Å². The Morgan fingerprint density at radius 3 is 2.52 bits per heavy atom. The van der Waals surface area contributed by atoms with Crippen molar-refractivity contribution in [3.05, 3.63) is 64.7 Å². The van der Waals surface area contributed by atoms with Gasteiger partial charge in [0, 0.05) is 13.0 Å². The molecule has 0 aromatic heterocycles. The number of hydrogen-bond acceptors (Lipinski definition) is 2. The van der Waals surface area contributed by atoms with Crippen LogP contribution < -0.4 is 10.1 Å². The van der Waals surface area contributed by atoms with E-state index in [1.165, 1.54) is 6.07 Å². The summed E-state index contributed by atoms with van der Waals surface area (Å²) < 4.78 is 43.2. The van der Waals surface area contributed by atoms with Crippen LogP contribution in [0.1, 0.15) is 28.7 Å². The van der Waals surface area contributed by atoms with Gasteiger partial charge in [0.25, 0.3) is 0 Å². The molecular formula is C19H20F3NO2. The highest BCUT2D eigenvalue weighted by molar-refractivity contribution is 5.76. The van der Waals surface area contributed by atoms with Gasteiger partial charge in [0.1, 0.15) is 5.75 Å². The summed E-state index contributed by atoms with van der Waals surface area (Å²) in [6.07, 6.45) is -3.56. The third kappa shape index (κ3) is 5.52. The summed E-state index contributed by atoms with van der Waals surface area (Å²) in [6, 6.07) is 10.7. The van der Waals surface area contributed by atoms with Crippen LogP contribution in [0.3, 0.4) is 0 Å². The molecule has 0 fully saturated rings. The molecule has 0 bridgehead atoms. The summed E-state index contributed by atoms with van der Waals surface area (Å²) in [7, 11) is 1.60. The van der Waals surface area contributed by atoms with Crippen molar-refractivity contribution in [1.29, 1.82) is 0 Å². The minimum atomic E-state index is -4.38. The molecule has 0 radical (unpaired) electrons. The molecule has 2 rings (SSSR count). The molecule has 0 aliphatic carbocycles. The summed E-state index contributed by atoms with van der Waals surface area (Å²) in [6.45, 7) is 2.00. The minimum Gasteiger partial charge on any atom is -0.496 e. The fraction of sp³-hybridized carbons (Fsp3) is 0.316. The lowest BCUT2D eigenvalue weighted by molar-refractivity contribution is -0.137. The number of carbonyl (C=O) groups is 1. The van der Waals surface area contributed by atoms with Gasteiger partial charge in [-0.25, -0.2) is 0 Å². The summed E-state index contributed by atoms with van der Waals surface area (Å²) in [5.74, 6) is 0.587. The molecule has 0 unspecified atom stereocenters. The zero-order valence-corrected chi connectivity index (χ0v) is 14.1. The van der Waals surface area contributed by atoms with Gasteiger partial charge in [-0.1, -0.05) is 24.3 Å². The summed E-state index contributed by atoms with van der Waals surface area (Å²) in [4.78, 5) is 11.9. The smallest absolute Gasteiger partial charge is 0.416 e. The Bertz CT molecular complexity index is 742. The van der Waals surface area contributed by atoms with Crippen LogP contribution in [-0.4, -0.2) is 13.0 Å². The van der Waals surface area contributed by atoms with E-state index in [2.05, 4.69) is 5.32 Å². The zero-order chi connectivity index (χ0) is 18.4. The summed E-state index contributed by atoms with van der Waals surface area (Å²) in [5, 5.41) is 2.65. The largest absolute Gasteiger partial charge is 0.496 e. The van der Waals surface area contributed by atoms with E-state index in [-0.39, 0.29) is 18.9 Å². The molecule has 1 N–H and O–H groups in total. The molecule has 134 valence electrons. The zero-order valence-electron chi connectivity index (χ0n) is 14.1. The standard InChI is InChI=1S/C19H20F3NO2/c1-13-10-14(6-8-17(13)25-2)7-9-18(24)23-12-15-4-3-5-16(11-15)19(20,21)22/h3-6,8,10-11H,7,9,12H2,1-2H3,(H,23,24). The molecule has 0 heterocycles. The number of aryl methyl sites for hydroxylation is 2. The van der Waals surface area contributed by atoms with Crippen LogP contribution in [-0.2, 0) is 23.9 Å². The number of hydrogen-bond donors (Lipinski definition) is 1. The molecule has 0 aliphatic heterocycles. The lowest BCUT2D eigenvalue weighted by Crippen LogP contribution is -2.23. The monoisotopic (exact) mass is 351 g/mol. The topological polar surface area (TPSA) is 38.3 Å². The summed E-state index contributed by atoms with van der Waals surface area (Å²) in [5.41, 5.74) is 1.70. The van der Waals surface area contributed by atoms with Crippen molar-refractivity contribution in [3.8, 4) is 5.75 Å². The summed E-state index contributed by atoms with van der Waals surface area (Å²) >= 11 is 0. The molecule has 0 spiro atoms. The van der Waals surface area contributed by atoms with Gasteiger partial charge in [0.2, 0.25) is 5.91 Å². The number of ether oxygens (including phenoxy) is 1. The van der Waals surface area contributed by atoms with Gasteiger partial charge in [0.05, 0.1) is 12.7 Å². The van der Waals surface area contributed by atoms with Crippen molar-refractivity contribution in [3.63, 3.8) is 0 Å². The van der Waals surface area contributed by atoms with Crippen molar-refractivity contribution in [2.45, 2.75) is 32.5 Å². The van der Waals surface area contributed by atoms with Crippen molar-refractivity contribution >= 4 is 5.91 Å².